The lowest BCUT2D eigenvalue weighted by atomic mass is 9.97. The molecule has 2 aromatic heterocycles. The van der Waals surface area contributed by atoms with Crippen LogP contribution in [-0.2, 0) is 19.6 Å². The van der Waals surface area contributed by atoms with Gasteiger partial charge in [-0.2, -0.15) is 13.2 Å². The molecule has 4 aromatic rings. The van der Waals surface area contributed by atoms with Crippen LogP contribution in [-0.4, -0.2) is 32.0 Å². The summed E-state index contributed by atoms with van der Waals surface area (Å²) < 4.78 is 46.0. The normalized spacial score (nSPS) is 16.2. The molecule has 0 bridgehead atoms. The number of rotatable bonds is 6. The number of nitrogens with zero attached hydrogens (tertiary/aromatic N) is 4. The van der Waals surface area contributed by atoms with E-state index in [4.69, 9.17) is 4.42 Å². The molecule has 1 aliphatic heterocycles. The van der Waals surface area contributed by atoms with Crippen LogP contribution in [0.15, 0.2) is 46.0 Å². The lowest BCUT2D eigenvalue weighted by Crippen LogP contribution is -2.12. The zero-order valence-corrected chi connectivity index (χ0v) is 20.3. The number of hydrogen-bond donors (Lipinski definition) is 1. The van der Waals surface area contributed by atoms with E-state index in [0.717, 1.165) is 72.1 Å². The molecular weight excluding hydrogens is 475 g/mol. The maximum atomic E-state index is 12.8. The summed E-state index contributed by atoms with van der Waals surface area (Å²) in [7, 11) is 1.84. The van der Waals surface area contributed by atoms with E-state index in [1.807, 2.05) is 18.5 Å². The number of alkyl halides is 3. The van der Waals surface area contributed by atoms with Crippen molar-refractivity contribution in [3.8, 4) is 11.4 Å². The Morgan fingerprint density at radius 1 is 1.17 bits per heavy atom. The summed E-state index contributed by atoms with van der Waals surface area (Å²) in [6.07, 6.45) is -0.0714. The molecule has 1 aliphatic rings. The number of thioether (sulfide) groups is 1. The molecule has 3 heterocycles. The largest absolute Gasteiger partial charge is 0.441 e. The van der Waals surface area contributed by atoms with Gasteiger partial charge in [-0.3, -0.25) is 0 Å². The van der Waals surface area contributed by atoms with Crippen molar-refractivity contribution in [3.05, 3.63) is 53.4 Å². The fraction of sp³-hybridized carbons (Fsp3) is 0.400. The molecule has 2 aromatic carbocycles. The average Bonchev–Trinajstić information content (AvgIpc) is 3.30. The molecule has 0 aliphatic carbocycles. The maximum Gasteiger partial charge on any atom is 0.416 e. The summed E-state index contributed by atoms with van der Waals surface area (Å²) in [5, 5.41) is 12.8. The van der Waals surface area contributed by atoms with Gasteiger partial charge in [-0.25, -0.2) is 4.98 Å². The lowest BCUT2D eigenvalue weighted by Gasteiger charge is -2.14. The van der Waals surface area contributed by atoms with Crippen molar-refractivity contribution in [1.82, 2.24) is 19.7 Å². The van der Waals surface area contributed by atoms with Crippen LogP contribution in [0.25, 0.3) is 22.5 Å². The first kappa shape index (κ1) is 23.7. The Kier molecular flexibility index (Phi) is 6.48. The summed E-state index contributed by atoms with van der Waals surface area (Å²) in [6.45, 7) is 2.79. The number of anilines is 1. The van der Waals surface area contributed by atoms with E-state index in [-0.39, 0.29) is 0 Å². The lowest BCUT2D eigenvalue weighted by molar-refractivity contribution is -0.137. The highest BCUT2D eigenvalue weighted by atomic mass is 32.2. The monoisotopic (exact) mass is 501 g/mol. The zero-order valence-electron chi connectivity index (χ0n) is 19.5. The fourth-order valence-corrected chi connectivity index (χ4v) is 5.37. The van der Waals surface area contributed by atoms with Gasteiger partial charge in [0.2, 0.25) is 0 Å². The molecule has 6 nitrogen and oxygen atoms in total. The van der Waals surface area contributed by atoms with E-state index >= 15 is 0 Å². The molecule has 10 heteroatoms. The molecule has 1 atom stereocenters. The molecule has 0 fully saturated rings. The molecule has 184 valence electrons. The van der Waals surface area contributed by atoms with Crippen molar-refractivity contribution in [3.63, 3.8) is 0 Å². The Hall–Kier alpha value is -3.01. The summed E-state index contributed by atoms with van der Waals surface area (Å²) in [5.41, 5.74) is 4.11. The Morgan fingerprint density at radius 2 is 1.97 bits per heavy atom. The van der Waals surface area contributed by atoms with Gasteiger partial charge in [0.05, 0.1) is 5.56 Å². The summed E-state index contributed by atoms with van der Waals surface area (Å²) >= 11 is 1.62. The summed E-state index contributed by atoms with van der Waals surface area (Å²) in [4.78, 5) is 4.45. The third-order valence-electron chi connectivity index (χ3n) is 6.42. The van der Waals surface area contributed by atoms with Crippen LogP contribution in [0.4, 0.5) is 18.9 Å². The fourth-order valence-electron chi connectivity index (χ4n) is 4.50. The van der Waals surface area contributed by atoms with Crippen molar-refractivity contribution in [2.75, 3.05) is 17.6 Å². The van der Waals surface area contributed by atoms with Gasteiger partial charge in [-0.1, -0.05) is 23.9 Å². The topological polar surface area (TPSA) is 68.8 Å². The SMILES string of the molecule is Cc1nc2cc3c(cc2o1)NCC(CCCSc1nnc(-c2ccc(C(F)(F)F)cc2)n1C)CC3. The van der Waals surface area contributed by atoms with Crippen molar-refractivity contribution in [2.45, 2.75) is 43.9 Å². The van der Waals surface area contributed by atoms with Gasteiger partial charge in [0, 0.05) is 43.6 Å². The molecule has 0 radical (unpaired) electrons. The first-order valence-corrected chi connectivity index (χ1v) is 12.6. The predicted molar refractivity (Wildman–Crippen MR) is 130 cm³/mol. The van der Waals surface area contributed by atoms with Gasteiger partial charge in [0.1, 0.15) is 5.52 Å². The Morgan fingerprint density at radius 3 is 2.74 bits per heavy atom. The van der Waals surface area contributed by atoms with Gasteiger partial charge >= 0.3 is 6.18 Å². The maximum absolute atomic E-state index is 12.8. The number of hydrogen-bond acceptors (Lipinski definition) is 6. The highest BCUT2D eigenvalue weighted by molar-refractivity contribution is 7.99. The second-order valence-corrected chi connectivity index (χ2v) is 9.99. The third-order valence-corrected chi connectivity index (χ3v) is 7.52. The molecule has 0 spiro atoms. The van der Waals surface area contributed by atoms with Crippen LogP contribution in [0.5, 0.6) is 0 Å². The standard InChI is InChI=1S/C25H26F3N5OS/c1-15-30-21-12-18-6-5-16(14-29-20(18)13-22(21)34-15)4-3-11-35-24-32-31-23(33(24)2)17-7-9-19(10-8-17)25(26,27)28/h7-10,12-13,16,29H,3-6,11,14H2,1-2H3. The van der Waals surface area contributed by atoms with E-state index < -0.39 is 11.7 Å². The van der Waals surface area contributed by atoms with Crippen LogP contribution in [0.2, 0.25) is 0 Å². The number of benzene rings is 2. The number of nitrogens with one attached hydrogen (secondary N) is 1. The highest BCUT2D eigenvalue weighted by Crippen LogP contribution is 2.32. The molecule has 0 amide bonds. The van der Waals surface area contributed by atoms with Crippen molar-refractivity contribution < 1.29 is 17.6 Å². The third kappa shape index (κ3) is 5.17. The predicted octanol–water partition coefficient (Wildman–Crippen LogP) is 6.50. The number of oxazole rings is 1. The Bertz CT molecular complexity index is 1280. The molecule has 35 heavy (non-hydrogen) atoms. The van der Waals surface area contributed by atoms with E-state index in [0.29, 0.717) is 23.2 Å². The van der Waals surface area contributed by atoms with Gasteiger partial charge in [-0.05, 0) is 55.4 Å². The average molecular weight is 502 g/mol. The van der Waals surface area contributed by atoms with Gasteiger partial charge in [0.15, 0.2) is 22.5 Å². The van der Waals surface area contributed by atoms with Crippen molar-refractivity contribution >= 4 is 28.5 Å². The van der Waals surface area contributed by atoms with E-state index in [9.17, 15) is 13.2 Å². The Balaban J connectivity index is 1.13. The molecule has 1 N–H and O–H groups in total. The zero-order chi connectivity index (χ0) is 24.6. The highest BCUT2D eigenvalue weighted by Gasteiger charge is 2.30. The summed E-state index contributed by atoms with van der Waals surface area (Å²) in [5.74, 6) is 2.72. The first-order valence-electron chi connectivity index (χ1n) is 11.6. The smallest absolute Gasteiger partial charge is 0.416 e. The first-order chi connectivity index (χ1) is 16.8. The molecule has 1 unspecified atom stereocenters. The minimum atomic E-state index is -4.35. The van der Waals surface area contributed by atoms with E-state index in [1.54, 1.807) is 11.8 Å². The molecule has 0 saturated carbocycles. The van der Waals surface area contributed by atoms with Crippen LogP contribution in [0.1, 0.15) is 36.3 Å². The Labute approximate surface area is 205 Å². The number of aryl methyl sites for hydroxylation is 2. The van der Waals surface area contributed by atoms with E-state index in [2.05, 4.69) is 32.6 Å². The van der Waals surface area contributed by atoms with E-state index in [1.165, 1.54) is 17.7 Å². The van der Waals surface area contributed by atoms with Crippen LogP contribution in [0.3, 0.4) is 0 Å². The summed E-state index contributed by atoms with van der Waals surface area (Å²) in [6, 6.07) is 9.22. The molecular formula is C25H26F3N5OS. The number of fused-ring (bicyclic) bond motifs is 2. The van der Waals surface area contributed by atoms with Crippen LogP contribution < -0.4 is 5.32 Å². The van der Waals surface area contributed by atoms with Crippen molar-refractivity contribution in [2.24, 2.45) is 13.0 Å². The molecule has 5 rings (SSSR count). The number of halogens is 3. The quantitative estimate of drug-likeness (QED) is 0.240. The van der Waals surface area contributed by atoms with Crippen molar-refractivity contribution in [1.29, 1.82) is 0 Å². The second-order valence-electron chi connectivity index (χ2n) is 8.93. The minimum absolute atomic E-state index is 0.558. The van der Waals surface area contributed by atoms with Gasteiger partial charge in [-0.15, -0.1) is 10.2 Å². The van der Waals surface area contributed by atoms with Gasteiger partial charge in [0.25, 0.3) is 0 Å². The minimum Gasteiger partial charge on any atom is -0.441 e. The van der Waals surface area contributed by atoms with Gasteiger partial charge < -0.3 is 14.3 Å². The molecule has 0 saturated heterocycles. The second kappa shape index (κ2) is 9.56. The number of aromatic nitrogens is 4. The van der Waals surface area contributed by atoms with Crippen LogP contribution >= 0.6 is 11.8 Å². The van der Waals surface area contributed by atoms with Crippen LogP contribution in [0, 0.1) is 12.8 Å².